The van der Waals surface area contributed by atoms with Crippen molar-refractivity contribution in [3.63, 3.8) is 0 Å². The van der Waals surface area contributed by atoms with Crippen molar-refractivity contribution < 1.29 is 17.9 Å². The highest BCUT2D eigenvalue weighted by Crippen LogP contribution is 2.33. The quantitative estimate of drug-likeness (QED) is 0.619. The fraction of sp³-hybridized carbons (Fsp3) is 0.273. The third-order valence-electron chi connectivity index (χ3n) is 5.61. The summed E-state index contributed by atoms with van der Waals surface area (Å²) in [5, 5.41) is 0. The Bertz CT molecular complexity index is 1230. The van der Waals surface area contributed by atoms with Crippen molar-refractivity contribution in [2.75, 3.05) is 43.6 Å². The Labute approximate surface area is 186 Å². The zero-order valence-electron chi connectivity index (χ0n) is 17.3. The van der Waals surface area contributed by atoms with E-state index in [-0.39, 0.29) is 22.4 Å². The SMILES string of the molecule is Nc1nc(N2CCN(Cc3ccc4c(c3)OCO4)CC2)ncc1S(=O)(=O)c1ccccc1. The molecule has 1 aromatic heterocycles. The van der Waals surface area contributed by atoms with Crippen molar-refractivity contribution in [3.8, 4) is 11.5 Å². The number of fused-ring (bicyclic) bond motifs is 1. The molecule has 2 aromatic carbocycles. The molecule has 0 saturated carbocycles. The molecule has 1 fully saturated rings. The number of rotatable bonds is 5. The largest absolute Gasteiger partial charge is 0.454 e. The molecule has 0 aliphatic carbocycles. The van der Waals surface area contributed by atoms with E-state index in [9.17, 15) is 8.42 Å². The Morgan fingerprint density at radius 2 is 1.72 bits per heavy atom. The van der Waals surface area contributed by atoms with Gasteiger partial charge in [0, 0.05) is 32.7 Å². The van der Waals surface area contributed by atoms with E-state index in [2.05, 4.69) is 20.9 Å². The van der Waals surface area contributed by atoms with E-state index in [1.807, 2.05) is 17.0 Å². The fourth-order valence-electron chi connectivity index (χ4n) is 3.86. The van der Waals surface area contributed by atoms with Crippen LogP contribution in [-0.4, -0.2) is 56.3 Å². The van der Waals surface area contributed by atoms with Crippen LogP contribution in [0.5, 0.6) is 11.5 Å². The van der Waals surface area contributed by atoms with Crippen molar-refractivity contribution in [2.24, 2.45) is 0 Å². The van der Waals surface area contributed by atoms with Crippen molar-refractivity contribution in [1.29, 1.82) is 0 Å². The molecule has 0 unspecified atom stereocenters. The first-order valence-corrected chi connectivity index (χ1v) is 11.8. The molecular formula is C22H23N5O4S. The highest BCUT2D eigenvalue weighted by molar-refractivity contribution is 7.91. The Morgan fingerprint density at radius 3 is 2.47 bits per heavy atom. The molecule has 2 aliphatic rings. The summed E-state index contributed by atoms with van der Waals surface area (Å²) in [5.74, 6) is 1.97. The molecule has 0 amide bonds. The average Bonchev–Trinajstić information content (AvgIpc) is 3.28. The van der Waals surface area contributed by atoms with Crippen LogP contribution in [0.4, 0.5) is 11.8 Å². The van der Waals surface area contributed by atoms with Crippen LogP contribution in [0, 0.1) is 0 Å². The van der Waals surface area contributed by atoms with Crippen LogP contribution in [-0.2, 0) is 16.4 Å². The number of nitrogen functional groups attached to an aromatic ring is 1. The summed E-state index contributed by atoms with van der Waals surface area (Å²) < 4.78 is 36.5. The lowest BCUT2D eigenvalue weighted by Gasteiger charge is -2.34. The molecule has 0 spiro atoms. The van der Waals surface area contributed by atoms with Gasteiger partial charge in [-0.2, -0.15) is 4.98 Å². The summed E-state index contributed by atoms with van der Waals surface area (Å²) in [6.45, 7) is 4.15. The normalized spacial score (nSPS) is 16.3. The number of nitrogens with zero attached hydrogens (tertiary/aromatic N) is 4. The number of nitrogens with two attached hydrogens (primary N) is 1. The third kappa shape index (κ3) is 3.94. The molecule has 3 aromatic rings. The molecule has 5 rings (SSSR count). The minimum atomic E-state index is -3.76. The van der Waals surface area contributed by atoms with Crippen molar-refractivity contribution in [2.45, 2.75) is 16.3 Å². The van der Waals surface area contributed by atoms with E-state index >= 15 is 0 Å². The molecule has 2 aliphatic heterocycles. The predicted octanol–water partition coefficient (Wildman–Crippen LogP) is 1.94. The Kier molecular flexibility index (Phi) is 5.32. The minimum Gasteiger partial charge on any atom is -0.454 e. The molecule has 9 nitrogen and oxygen atoms in total. The maximum Gasteiger partial charge on any atom is 0.231 e. The molecule has 1 saturated heterocycles. The minimum absolute atomic E-state index is 0.0401. The summed E-state index contributed by atoms with van der Waals surface area (Å²) in [4.78, 5) is 13.1. The van der Waals surface area contributed by atoms with Gasteiger partial charge in [0.05, 0.1) is 11.1 Å². The Morgan fingerprint density at radius 1 is 0.969 bits per heavy atom. The van der Waals surface area contributed by atoms with E-state index in [4.69, 9.17) is 15.2 Å². The van der Waals surface area contributed by atoms with Crippen molar-refractivity contribution in [3.05, 3.63) is 60.3 Å². The third-order valence-corrected chi connectivity index (χ3v) is 7.40. The number of sulfone groups is 1. The second-order valence-electron chi connectivity index (χ2n) is 7.69. The Hall–Kier alpha value is -3.37. The highest BCUT2D eigenvalue weighted by atomic mass is 32.2. The maximum absolute atomic E-state index is 12.8. The first kappa shape index (κ1) is 20.5. The van der Waals surface area contributed by atoms with E-state index in [1.54, 1.807) is 18.2 Å². The van der Waals surface area contributed by atoms with Crippen LogP contribution < -0.4 is 20.1 Å². The van der Waals surface area contributed by atoms with Gasteiger partial charge in [-0.05, 0) is 29.8 Å². The van der Waals surface area contributed by atoms with Gasteiger partial charge >= 0.3 is 0 Å². The lowest BCUT2D eigenvalue weighted by Crippen LogP contribution is -2.46. The van der Waals surface area contributed by atoms with Gasteiger partial charge in [0.1, 0.15) is 10.7 Å². The number of piperazine rings is 1. The predicted molar refractivity (Wildman–Crippen MR) is 118 cm³/mol. The van der Waals surface area contributed by atoms with Crippen LogP contribution in [0.25, 0.3) is 0 Å². The summed E-state index contributed by atoms with van der Waals surface area (Å²) in [7, 11) is -3.76. The number of ether oxygens (including phenoxy) is 2. The van der Waals surface area contributed by atoms with E-state index in [0.717, 1.165) is 44.2 Å². The Balaban J connectivity index is 1.24. The van der Waals surface area contributed by atoms with Crippen LogP contribution in [0.15, 0.2) is 64.5 Å². The molecule has 3 heterocycles. The van der Waals surface area contributed by atoms with Crippen LogP contribution in [0.2, 0.25) is 0 Å². The molecule has 166 valence electrons. The molecular weight excluding hydrogens is 430 g/mol. The molecule has 0 bridgehead atoms. The number of benzene rings is 2. The van der Waals surface area contributed by atoms with Gasteiger partial charge in [-0.15, -0.1) is 0 Å². The maximum atomic E-state index is 12.8. The van der Waals surface area contributed by atoms with Gasteiger partial charge in [-0.1, -0.05) is 24.3 Å². The summed E-state index contributed by atoms with van der Waals surface area (Å²) in [5.41, 5.74) is 7.20. The second-order valence-corrected chi connectivity index (χ2v) is 9.60. The lowest BCUT2D eigenvalue weighted by molar-refractivity contribution is 0.174. The van der Waals surface area contributed by atoms with Crippen molar-refractivity contribution in [1.82, 2.24) is 14.9 Å². The molecule has 2 N–H and O–H groups in total. The smallest absolute Gasteiger partial charge is 0.231 e. The molecule has 32 heavy (non-hydrogen) atoms. The summed E-state index contributed by atoms with van der Waals surface area (Å²) in [6, 6.07) is 14.2. The average molecular weight is 454 g/mol. The van der Waals surface area contributed by atoms with E-state index in [1.165, 1.54) is 23.9 Å². The second kappa shape index (κ2) is 8.29. The summed E-state index contributed by atoms with van der Waals surface area (Å²) >= 11 is 0. The molecule has 10 heteroatoms. The molecule has 0 radical (unpaired) electrons. The van der Waals surface area contributed by atoms with Crippen LogP contribution in [0.3, 0.4) is 0 Å². The van der Waals surface area contributed by atoms with Gasteiger partial charge in [0.25, 0.3) is 0 Å². The van der Waals surface area contributed by atoms with E-state index < -0.39 is 9.84 Å². The van der Waals surface area contributed by atoms with Crippen LogP contribution in [0.1, 0.15) is 5.56 Å². The number of aromatic nitrogens is 2. The van der Waals surface area contributed by atoms with Crippen molar-refractivity contribution >= 4 is 21.6 Å². The van der Waals surface area contributed by atoms with Gasteiger partial charge in [0.15, 0.2) is 11.5 Å². The molecule has 0 atom stereocenters. The zero-order valence-corrected chi connectivity index (χ0v) is 18.2. The number of anilines is 2. The topological polar surface area (TPSA) is 111 Å². The van der Waals surface area contributed by atoms with Gasteiger partial charge < -0.3 is 20.1 Å². The van der Waals surface area contributed by atoms with Crippen LogP contribution >= 0.6 is 0 Å². The monoisotopic (exact) mass is 453 g/mol. The lowest BCUT2D eigenvalue weighted by atomic mass is 10.1. The standard InChI is InChI=1S/C22H23N5O4S/c23-21-20(32(28,29)17-4-2-1-3-5-17)13-24-22(25-21)27-10-8-26(9-11-27)14-16-6-7-18-19(12-16)31-15-30-18/h1-7,12-13H,8-11,14-15H2,(H2,23,24,25). The van der Waals surface area contributed by atoms with Gasteiger partial charge in [-0.3, -0.25) is 4.90 Å². The first-order valence-electron chi connectivity index (χ1n) is 10.3. The van der Waals surface area contributed by atoms with Gasteiger partial charge in [0.2, 0.25) is 22.6 Å². The number of hydrogen-bond donors (Lipinski definition) is 1. The summed E-state index contributed by atoms with van der Waals surface area (Å²) in [6.07, 6.45) is 1.30. The number of hydrogen-bond acceptors (Lipinski definition) is 9. The van der Waals surface area contributed by atoms with E-state index in [0.29, 0.717) is 5.95 Å². The fourth-order valence-corrected chi connectivity index (χ4v) is 5.15. The highest BCUT2D eigenvalue weighted by Gasteiger charge is 2.25. The van der Waals surface area contributed by atoms with Gasteiger partial charge in [-0.25, -0.2) is 13.4 Å². The first-order chi connectivity index (χ1) is 15.5. The zero-order chi connectivity index (χ0) is 22.1.